The van der Waals surface area contributed by atoms with Gasteiger partial charge in [-0.05, 0) is 142 Å². The molecule has 0 N–H and O–H groups in total. The fourth-order valence-corrected chi connectivity index (χ4v) is 11.5. The first-order chi connectivity index (χ1) is 21.1. The first-order valence-corrected chi connectivity index (χ1v) is 17.9. The van der Waals surface area contributed by atoms with Gasteiger partial charge in [0.05, 0.1) is 22.2 Å². The Morgan fingerprint density at radius 1 is 0.800 bits per heavy atom. The van der Waals surface area contributed by atoms with E-state index in [0.29, 0.717) is 24.7 Å². The maximum atomic E-state index is 15.0. The van der Waals surface area contributed by atoms with Crippen molar-refractivity contribution >= 4 is 23.9 Å². The van der Waals surface area contributed by atoms with E-state index in [9.17, 15) is 19.2 Å². The van der Waals surface area contributed by atoms with Crippen LogP contribution in [0.25, 0.3) is 0 Å². The predicted octanol–water partition coefficient (Wildman–Crippen LogP) is 6.56. The highest BCUT2D eigenvalue weighted by atomic mass is 16.6. The molecule has 6 atom stereocenters. The fraction of sp³-hybridized carbons (Fsp3) is 0.892. The Kier molecular flexibility index (Phi) is 7.13. The van der Waals surface area contributed by atoms with Crippen molar-refractivity contribution < 1.29 is 38.1 Å². The summed E-state index contributed by atoms with van der Waals surface area (Å²) in [7, 11) is 0. The molecule has 8 fully saturated rings. The summed E-state index contributed by atoms with van der Waals surface area (Å²) in [6, 6.07) is 0. The number of hydrogen-bond donors (Lipinski definition) is 0. The van der Waals surface area contributed by atoms with Gasteiger partial charge in [-0.1, -0.05) is 6.92 Å². The van der Waals surface area contributed by atoms with Gasteiger partial charge in [-0.3, -0.25) is 19.2 Å². The molecule has 45 heavy (non-hydrogen) atoms. The SMILES string of the molecule is CCC1(OC(=O)C(C)(C)C(C)(C(=O)OC2(C)C3CC4CC(C3)CC2C4)C(C)(C)C(=O)OC2C3CC4C(=O)OC2C4C3)CCCC1. The van der Waals surface area contributed by atoms with Crippen LogP contribution >= 0.6 is 0 Å². The Hall–Kier alpha value is -2.12. The number of rotatable bonds is 9. The molecular weight excluding hydrogens is 572 g/mol. The number of hydrogen-bond acceptors (Lipinski definition) is 8. The Morgan fingerprint density at radius 2 is 1.38 bits per heavy atom. The van der Waals surface area contributed by atoms with Crippen molar-refractivity contribution in [3.05, 3.63) is 0 Å². The zero-order chi connectivity index (χ0) is 32.3. The van der Waals surface area contributed by atoms with Crippen molar-refractivity contribution in [2.75, 3.05) is 0 Å². The Bertz CT molecular complexity index is 1250. The van der Waals surface area contributed by atoms with E-state index in [2.05, 4.69) is 6.92 Å². The van der Waals surface area contributed by atoms with Gasteiger partial charge >= 0.3 is 23.9 Å². The van der Waals surface area contributed by atoms with Crippen molar-refractivity contribution in [2.24, 2.45) is 57.7 Å². The Balaban J connectivity index is 1.21. The third-order valence-corrected chi connectivity index (χ3v) is 15.1. The van der Waals surface area contributed by atoms with Gasteiger partial charge in [0.15, 0.2) is 0 Å². The van der Waals surface area contributed by atoms with Gasteiger partial charge in [-0.25, -0.2) is 0 Å². The van der Waals surface area contributed by atoms with E-state index < -0.39 is 57.6 Å². The van der Waals surface area contributed by atoms with Gasteiger partial charge in [-0.15, -0.1) is 0 Å². The van der Waals surface area contributed by atoms with Crippen molar-refractivity contribution in [3.8, 4) is 0 Å². The van der Waals surface area contributed by atoms with Crippen LogP contribution in [-0.4, -0.2) is 47.3 Å². The third kappa shape index (κ3) is 4.34. The monoisotopic (exact) mass is 626 g/mol. The van der Waals surface area contributed by atoms with E-state index in [-0.39, 0.29) is 35.6 Å². The van der Waals surface area contributed by atoms with Crippen LogP contribution in [0.15, 0.2) is 0 Å². The molecule has 7 saturated carbocycles. The maximum Gasteiger partial charge on any atom is 0.314 e. The lowest BCUT2D eigenvalue weighted by Gasteiger charge is -2.60. The first kappa shape index (κ1) is 31.5. The normalized spacial score (nSPS) is 41.9. The number of carbonyl (C=O) groups excluding carboxylic acids is 4. The molecule has 1 aliphatic heterocycles. The minimum atomic E-state index is -1.62. The molecule has 8 rings (SSSR count). The second kappa shape index (κ2) is 10.2. The summed E-state index contributed by atoms with van der Waals surface area (Å²) in [6.45, 7) is 12.8. The zero-order valence-electron chi connectivity index (χ0n) is 28.4. The molecular formula is C37H54O8. The van der Waals surface area contributed by atoms with Crippen molar-refractivity contribution in [1.29, 1.82) is 0 Å². The number of ether oxygens (including phenoxy) is 4. The summed E-state index contributed by atoms with van der Waals surface area (Å²) in [6.07, 6.45) is 10.3. The van der Waals surface area contributed by atoms with Crippen LogP contribution in [0.5, 0.6) is 0 Å². The molecule has 8 aliphatic rings. The summed E-state index contributed by atoms with van der Waals surface area (Å²) in [5, 5.41) is 0. The largest absolute Gasteiger partial charge is 0.459 e. The molecule has 7 aliphatic carbocycles. The summed E-state index contributed by atoms with van der Waals surface area (Å²) in [4.78, 5) is 56.2. The second-order valence-corrected chi connectivity index (χ2v) is 17.7. The topological polar surface area (TPSA) is 105 Å². The Morgan fingerprint density at radius 3 is 1.96 bits per heavy atom. The summed E-state index contributed by atoms with van der Waals surface area (Å²) in [5.74, 6) is 0.251. The minimum Gasteiger partial charge on any atom is -0.459 e. The average molecular weight is 627 g/mol. The van der Waals surface area contributed by atoms with Crippen LogP contribution in [0.4, 0.5) is 0 Å². The highest BCUT2D eigenvalue weighted by molar-refractivity contribution is 5.94. The van der Waals surface area contributed by atoms with Crippen LogP contribution in [0.3, 0.4) is 0 Å². The summed E-state index contributed by atoms with van der Waals surface area (Å²) in [5.41, 5.74) is -5.69. The van der Waals surface area contributed by atoms with E-state index in [4.69, 9.17) is 18.9 Å². The Labute approximate surface area is 268 Å². The molecule has 0 spiro atoms. The molecule has 6 bridgehead atoms. The smallest absolute Gasteiger partial charge is 0.314 e. The van der Waals surface area contributed by atoms with Crippen molar-refractivity contribution in [3.63, 3.8) is 0 Å². The molecule has 8 nitrogen and oxygen atoms in total. The quantitative estimate of drug-likeness (QED) is 0.209. The van der Waals surface area contributed by atoms with Crippen LogP contribution < -0.4 is 0 Å². The van der Waals surface area contributed by atoms with Gasteiger partial charge in [0.25, 0.3) is 0 Å². The van der Waals surface area contributed by atoms with E-state index >= 15 is 0 Å². The molecule has 250 valence electrons. The molecule has 1 heterocycles. The van der Waals surface area contributed by atoms with Crippen LogP contribution in [0.2, 0.25) is 0 Å². The second-order valence-electron chi connectivity index (χ2n) is 17.7. The molecule has 6 unspecified atom stereocenters. The highest BCUT2D eigenvalue weighted by Crippen LogP contribution is 2.62. The number of fused-ring (bicyclic) bond motifs is 1. The lowest BCUT2D eigenvalue weighted by Crippen LogP contribution is -2.64. The van der Waals surface area contributed by atoms with Crippen LogP contribution in [0.1, 0.15) is 126 Å². The predicted molar refractivity (Wildman–Crippen MR) is 164 cm³/mol. The van der Waals surface area contributed by atoms with E-state index in [1.807, 2.05) is 6.92 Å². The summed E-state index contributed by atoms with van der Waals surface area (Å²) >= 11 is 0. The third-order valence-electron chi connectivity index (χ3n) is 15.1. The van der Waals surface area contributed by atoms with Crippen LogP contribution in [-0.2, 0) is 38.1 Å². The number of carbonyl (C=O) groups is 4. The minimum absolute atomic E-state index is 0.0612. The van der Waals surface area contributed by atoms with Gasteiger partial charge in [0.1, 0.15) is 23.4 Å². The molecule has 0 aromatic rings. The lowest BCUT2D eigenvalue weighted by molar-refractivity contribution is -0.233. The molecule has 0 amide bonds. The van der Waals surface area contributed by atoms with E-state index in [0.717, 1.165) is 57.8 Å². The standard InChI is InChI=1S/C37H54O8/c1-8-37(11-9-10-12-37)45-31(40)34(4,5)36(7,32(41)44-35(6)23-14-20-13-21(16-23)17-24(35)15-20)33(2,3)30(39)43-27-22-18-25-26(19-22)29(38)42-28(25)27/h20-28H,8-19H2,1-7H3. The maximum absolute atomic E-state index is 15.0. The van der Waals surface area contributed by atoms with Crippen molar-refractivity contribution in [2.45, 2.75) is 149 Å². The number of esters is 4. The average Bonchev–Trinajstić information content (AvgIpc) is 3.74. The molecule has 8 heteroatoms. The molecule has 0 aromatic carbocycles. The first-order valence-electron chi connectivity index (χ1n) is 17.9. The molecule has 0 aromatic heterocycles. The molecule has 1 saturated heterocycles. The van der Waals surface area contributed by atoms with Gasteiger partial charge in [-0.2, -0.15) is 0 Å². The van der Waals surface area contributed by atoms with E-state index in [1.165, 1.54) is 6.42 Å². The lowest BCUT2D eigenvalue weighted by atomic mass is 9.50. The van der Waals surface area contributed by atoms with Gasteiger partial charge in [0, 0.05) is 11.8 Å². The fourth-order valence-electron chi connectivity index (χ4n) is 11.5. The zero-order valence-corrected chi connectivity index (χ0v) is 28.4. The van der Waals surface area contributed by atoms with Gasteiger partial charge < -0.3 is 18.9 Å². The highest BCUT2D eigenvalue weighted by Gasteiger charge is 2.69. The van der Waals surface area contributed by atoms with E-state index in [1.54, 1.807) is 34.6 Å². The molecule has 0 radical (unpaired) electrons. The summed E-state index contributed by atoms with van der Waals surface area (Å²) < 4.78 is 25.1. The van der Waals surface area contributed by atoms with Gasteiger partial charge in [0.2, 0.25) is 0 Å². The van der Waals surface area contributed by atoms with Crippen molar-refractivity contribution in [1.82, 2.24) is 0 Å². The van der Waals surface area contributed by atoms with Crippen LogP contribution in [0, 0.1) is 57.7 Å².